The summed E-state index contributed by atoms with van der Waals surface area (Å²) in [5.41, 5.74) is 7.52. The van der Waals surface area contributed by atoms with Gasteiger partial charge in [-0.15, -0.1) is 0 Å². The topological polar surface area (TPSA) is 163 Å². The maximum absolute atomic E-state index is 13.0. The fraction of sp³-hybridized carbons (Fsp3) is 0.464. The Balaban J connectivity index is 2.02. The monoisotopic (exact) mass is 575 g/mol. The summed E-state index contributed by atoms with van der Waals surface area (Å²) in [5, 5.41) is 12.1. The molecule has 0 aromatic heterocycles. The molecule has 0 aliphatic rings. The van der Waals surface area contributed by atoms with Crippen LogP contribution in [0.2, 0.25) is 0 Å². The number of nitrogens with one attached hydrogen (secondary N) is 2. The van der Waals surface area contributed by atoms with Gasteiger partial charge >= 0.3 is 12.0 Å². The van der Waals surface area contributed by atoms with E-state index >= 15 is 0 Å². The van der Waals surface area contributed by atoms with E-state index in [0.29, 0.717) is 18.9 Å². The van der Waals surface area contributed by atoms with Gasteiger partial charge in [-0.3, -0.25) is 4.99 Å². The molecule has 5 N–H and O–H groups in total. The number of nitrogens with zero attached hydrogens (tertiary/aromatic N) is 2. The lowest BCUT2D eigenvalue weighted by Crippen LogP contribution is -2.49. The minimum Gasteiger partial charge on any atom is -0.459 e. The molecule has 0 unspecified atom stereocenters. The molecule has 2 aromatic rings. The van der Waals surface area contributed by atoms with Crippen molar-refractivity contribution in [1.82, 2.24) is 14.9 Å². The van der Waals surface area contributed by atoms with E-state index in [4.69, 9.17) is 10.5 Å². The van der Waals surface area contributed by atoms with Crippen LogP contribution in [0.4, 0.5) is 4.79 Å². The average molecular weight is 576 g/mol. The Morgan fingerprint density at radius 3 is 2.35 bits per heavy atom. The second-order valence-corrected chi connectivity index (χ2v) is 11.5. The highest BCUT2D eigenvalue weighted by Crippen LogP contribution is 2.10. The first-order valence-electron chi connectivity index (χ1n) is 13.3. The van der Waals surface area contributed by atoms with E-state index in [1.165, 1.54) is 17.0 Å². The molecule has 0 fully saturated rings. The number of esters is 1. The number of nitrogens with two attached hydrogens (primary N) is 1. The second kappa shape index (κ2) is 16.5. The Kier molecular flexibility index (Phi) is 13.4. The molecule has 0 spiro atoms. The predicted molar refractivity (Wildman–Crippen MR) is 154 cm³/mol. The number of rotatable bonds is 15. The number of amides is 2. The molecule has 11 nitrogen and oxygen atoms in total. The molecular formula is C28H41N5O6S. The minimum absolute atomic E-state index is 0.0473. The number of ether oxygens (including phenoxy) is 1. The van der Waals surface area contributed by atoms with Crippen molar-refractivity contribution in [3.8, 4) is 0 Å². The highest BCUT2D eigenvalue weighted by atomic mass is 32.2. The van der Waals surface area contributed by atoms with Crippen LogP contribution >= 0.6 is 0 Å². The largest absolute Gasteiger partial charge is 0.459 e. The van der Waals surface area contributed by atoms with Crippen molar-refractivity contribution in [3.63, 3.8) is 0 Å². The molecule has 0 aliphatic heterocycles. The number of hydrogen-bond acceptors (Lipinski definition) is 7. The summed E-state index contributed by atoms with van der Waals surface area (Å²) >= 11 is 0. The molecule has 0 bridgehead atoms. The van der Waals surface area contributed by atoms with Crippen molar-refractivity contribution >= 4 is 28.0 Å². The molecule has 0 saturated carbocycles. The van der Waals surface area contributed by atoms with Crippen LogP contribution in [0.25, 0.3) is 0 Å². The van der Waals surface area contributed by atoms with Gasteiger partial charge in [0.15, 0.2) is 0 Å². The number of aliphatic imine (C=N–C) groups is 1. The van der Waals surface area contributed by atoms with Crippen LogP contribution in [0.1, 0.15) is 44.2 Å². The first-order chi connectivity index (χ1) is 19.0. The predicted octanol–water partition coefficient (Wildman–Crippen LogP) is 2.53. The minimum atomic E-state index is -3.88. The van der Waals surface area contributed by atoms with E-state index in [2.05, 4.69) is 15.0 Å². The summed E-state index contributed by atoms with van der Waals surface area (Å²) in [4.78, 5) is 31.5. The van der Waals surface area contributed by atoms with Gasteiger partial charge in [0.1, 0.15) is 12.6 Å². The SMILES string of the molecule is Cc1ccc(S(=O)(=O)NC(N)=NCCC[C@H](NC(=O)N(CCO)CCC(C)C)C(=O)OCc2ccccc2)cc1. The number of aliphatic hydroxyl groups excluding tert-OH is 1. The van der Waals surface area contributed by atoms with Crippen molar-refractivity contribution in [1.29, 1.82) is 0 Å². The van der Waals surface area contributed by atoms with Crippen molar-refractivity contribution in [2.75, 3.05) is 26.2 Å². The number of benzene rings is 2. The van der Waals surface area contributed by atoms with E-state index in [1.54, 1.807) is 12.1 Å². The van der Waals surface area contributed by atoms with E-state index in [-0.39, 0.29) is 43.6 Å². The van der Waals surface area contributed by atoms with Crippen molar-refractivity contribution in [2.24, 2.45) is 16.6 Å². The number of aliphatic hydroxyl groups is 1. The van der Waals surface area contributed by atoms with E-state index in [1.807, 2.05) is 51.1 Å². The van der Waals surface area contributed by atoms with Gasteiger partial charge in [-0.2, -0.15) is 0 Å². The normalized spacial score (nSPS) is 12.6. The van der Waals surface area contributed by atoms with Gasteiger partial charge in [-0.1, -0.05) is 61.9 Å². The standard InChI is InChI=1S/C28H41N5O6S/c1-21(2)15-17-33(18-19-34)28(36)31-25(26(35)39-20-23-8-5-4-6-9-23)10-7-16-30-27(29)32-40(37,38)24-13-11-22(3)12-14-24/h4-6,8-9,11-14,21,25,34H,7,10,15-20H2,1-3H3,(H,31,36)(H3,29,30,32)/t25-/m0/s1. The Labute approximate surface area is 236 Å². The van der Waals surface area contributed by atoms with Crippen LogP contribution < -0.4 is 15.8 Å². The fourth-order valence-electron chi connectivity index (χ4n) is 3.61. The first-order valence-corrected chi connectivity index (χ1v) is 14.8. The van der Waals surface area contributed by atoms with Crippen LogP contribution in [0, 0.1) is 12.8 Å². The molecule has 2 rings (SSSR count). The number of aryl methyl sites for hydroxylation is 1. The summed E-state index contributed by atoms with van der Waals surface area (Å²) in [6, 6.07) is 14.0. The molecule has 2 aromatic carbocycles. The molecule has 0 heterocycles. The van der Waals surface area contributed by atoms with E-state index in [0.717, 1.165) is 17.5 Å². The lowest BCUT2D eigenvalue weighted by molar-refractivity contribution is -0.147. The molecule has 1 atom stereocenters. The van der Waals surface area contributed by atoms with Crippen LogP contribution in [-0.2, 0) is 26.2 Å². The number of guanidine groups is 1. The van der Waals surface area contributed by atoms with E-state index < -0.39 is 28.1 Å². The lowest BCUT2D eigenvalue weighted by Gasteiger charge is -2.26. The number of urea groups is 1. The maximum Gasteiger partial charge on any atom is 0.329 e. The Bertz CT molecular complexity index is 1200. The van der Waals surface area contributed by atoms with Crippen molar-refractivity contribution in [2.45, 2.75) is 57.6 Å². The third kappa shape index (κ3) is 11.6. The summed E-state index contributed by atoms with van der Waals surface area (Å²) in [6.45, 7) is 6.42. The smallest absolute Gasteiger partial charge is 0.329 e. The summed E-state index contributed by atoms with van der Waals surface area (Å²) in [6.07, 6.45) is 1.23. The van der Waals surface area contributed by atoms with Gasteiger partial charge < -0.3 is 25.8 Å². The van der Waals surface area contributed by atoms with Crippen LogP contribution in [-0.4, -0.2) is 68.7 Å². The zero-order valence-electron chi connectivity index (χ0n) is 23.4. The quantitative estimate of drug-likeness (QED) is 0.110. The van der Waals surface area contributed by atoms with Crippen LogP contribution in [0.15, 0.2) is 64.5 Å². The fourth-order valence-corrected chi connectivity index (χ4v) is 4.56. The van der Waals surface area contributed by atoms with Gasteiger partial charge in [-0.25, -0.2) is 22.7 Å². The molecule has 40 heavy (non-hydrogen) atoms. The van der Waals surface area contributed by atoms with Gasteiger partial charge in [-0.05, 0) is 49.8 Å². The number of sulfonamides is 1. The maximum atomic E-state index is 13.0. The molecule has 0 aliphatic carbocycles. The summed E-state index contributed by atoms with van der Waals surface area (Å²) in [5.74, 6) is -0.537. The zero-order chi connectivity index (χ0) is 29.5. The van der Waals surface area contributed by atoms with Crippen LogP contribution in [0.5, 0.6) is 0 Å². The van der Waals surface area contributed by atoms with Gasteiger partial charge in [0.25, 0.3) is 10.0 Å². The third-order valence-corrected chi connectivity index (χ3v) is 7.31. The van der Waals surface area contributed by atoms with Gasteiger partial charge in [0.2, 0.25) is 5.96 Å². The highest BCUT2D eigenvalue weighted by Gasteiger charge is 2.25. The lowest BCUT2D eigenvalue weighted by atomic mass is 10.1. The molecule has 0 saturated heterocycles. The zero-order valence-corrected chi connectivity index (χ0v) is 24.2. The summed E-state index contributed by atoms with van der Waals surface area (Å²) < 4.78 is 32.7. The van der Waals surface area contributed by atoms with Crippen molar-refractivity contribution in [3.05, 3.63) is 65.7 Å². The number of carbonyl (C=O) groups excluding carboxylic acids is 2. The molecule has 2 amide bonds. The Morgan fingerprint density at radius 1 is 1.05 bits per heavy atom. The molecule has 220 valence electrons. The average Bonchev–Trinajstić information content (AvgIpc) is 2.91. The first kappa shape index (κ1) is 32.6. The highest BCUT2D eigenvalue weighted by molar-refractivity contribution is 7.90. The number of hydrogen-bond donors (Lipinski definition) is 4. The van der Waals surface area contributed by atoms with Gasteiger partial charge in [0, 0.05) is 19.6 Å². The van der Waals surface area contributed by atoms with E-state index in [9.17, 15) is 23.1 Å². The molecular weight excluding hydrogens is 534 g/mol. The molecule has 12 heteroatoms. The Morgan fingerprint density at radius 2 is 1.73 bits per heavy atom. The summed E-state index contributed by atoms with van der Waals surface area (Å²) in [7, 11) is -3.88. The van der Waals surface area contributed by atoms with Crippen LogP contribution in [0.3, 0.4) is 0 Å². The molecule has 0 radical (unpaired) electrons. The Hall–Kier alpha value is -3.64. The number of carbonyl (C=O) groups is 2. The second-order valence-electron chi connectivity index (χ2n) is 9.82. The third-order valence-electron chi connectivity index (χ3n) is 5.94. The van der Waals surface area contributed by atoms with Crippen molar-refractivity contribution < 1.29 is 27.9 Å². The van der Waals surface area contributed by atoms with Gasteiger partial charge in [0.05, 0.1) is 11.5 Å².